The first-order valence-electron chi connectivity index (χ1n) is 13.9. The van der Waals surface area contributed by atoms with E-state index in [9.17, 15) is 14.7 Å². The number of hydrogen-bond acceptors (Lipinski definition) is 6. The van der Waals surface area contributed by atoms with E-state index in [2.05, 4.69) is 15.0 Å². The van der Waals surface area contributed by atoms with Crippen molar-refractivity contribution in [2.45, 2.75) is 51.8 Å². The van der Waals surface area contributed by atoms with Crippen molar-refractivity contribution in [3.63, 3.8) is 0 Å². The number of amides is 1. The van der Waals surface area contributed by atoms with Crippen LogP contribution in [0.2, 0.25) is 0 Å². The van der Waals surface area contributed by atoms with Crippen molar-refractivity contribution in [3.05, 3.63) is 66.1 Å². The lowest BCUT2D eigenvalue weighted by Crippen LogP contribution is -2.50. The molecule has 4 heterocycles. The van der Waals surface area contributed by atoms with Crippen molar-refractivity contribution in [1.82, 2.24) is 24.2 Å². The van der Waals surface area contributed by atoms with Crippen LogP contribution in [0.1, 0.15) is 44.6 Å². The Labute approximate surface area is 236 Å². The number of nitrogens with zero attached hydrogens (tertiary/aromatic N) is 6. The average molecular weight is 561 g/mol. The molecule has 1 unspecified atom stereocenters. The molecule has 2 aromatic heterocycles. The van der Waals surface area contributed by atoms with Crippen molar-refractivity contribution in [2.75, 3.05) is 31.1 Å². The highest BCUT2D eigenvalue weighted by molar-refractivity contribution is 5.86. The molecule has 2 aromatic carbocycles. The Kier molecular flexibility index (Phi) is 6.67. The molecule has 1 N–H and O–H groups in total. The van der Waals surface area contributed by atoms with Crippen molar-refractivity contribution < 1.29 is 23.8 Å². The van der Waals surface area contributed by atoms with E-state index in [1.165, 1.54) is 4.68 Å². The van der Waals surface area contributed by atoms with Gasteiger partial charge in [0, 0.05) is 61.3 Å². The summed E-state index contributed by atoms with van der Waals surface area (Å²) in [7, 11) is 0. The van der Waals surface area contributed by atoms with Crippen LogP contribution in [0.5, 0.6) is 0 Å². The lowest BCUT2D eigenvalue weighted by Gasteiger charge is -2.36. The predicted molar refractivity (Wildman–Crippen MR) is 151 cm³/mol. The fraction of sp³-hybridized carbons (Fsp3) is 0.400. The fourth-order valence-electron chi connectivity index (χ4n) is 5.64. The van der Waals surface area contributed by atoms with Crippen LogP contribution in [0.25, 0.3) is 22.0 Å². The number of carboxylic acid groups (broad SMARTS) is 1. The van der Waals surface area contributed by atoms with Gasteiger partial charge in [-0.2, -0.15) is 5.10 Å². The maximum Gasteiger partial charge on any atom is 0.410 e. The zero-order chi connectivity index (χ0) is 28.9. The monoisotopic (exact) mass is 560 g/mol. The maximum atomic E-state index is 15.8. The summed E-state index contributed by atoms with van der Waals surface area (Å²) in [6.07, 6.45) is 4.64. The van der Waals surface area contributed by atoms with E-state index in [-0.39, 0.29) is 11.6 Å². The van der Waals surface area contributed by atoms with Gasteiger partial charge >= 0.3 is 12.1 Å². The largest absolute Gasteiger partial charge is 0.479 e. The molecule has 0 spiro atoms. The molecule has 0 radical (unpaired) electrons. The van der Waals surface area contributed by atoms with Gasteiger partial charge in [0.15, 0.2) is 11.9 Å². The van der Waals surface area contributed by atoms with Gasteiger partial charge in [-0.15, -0.1) is 0 Å². The van der Waals surface area contributed by atoms with Gasteiger partial charge in [0.05, 0.1) is 12.0 Å². The number of hydrogen-bond donors (Lipinski definition) is 1. The van der Waals surface area contributed by atoms with E-state index in [0.717, 1.165) is 30.8 Å². The number of aliphatic carboxylic acids is 1. The molecular weight excluding hydrogens is 527 g/mol. The first-order valence-corrected chi connectivity index (χ1v) is 13.9. The number of ether oxygens (including phenoxy) is 1. The van der Waals surface area contributed by atoms with Gasteiger partial charge in [0.2, 0.25) is 0 Å². The van der Waals surface area contributed by atoms with E-state index in [1.807, 2.05) is 49.6 Å². The molecule has 11 heteroatoms. The van der Waals surface area contributed by atoms with Crippen LogP contribution in [0.3, 0.4) is 0 Å². The molecule has 1 amide bonds. The minimum atomic E-state index is -1.13. The standard InChI is InChI=1S/C30H33FN6O4/c1-30(2,3)41-29(40)35-15-13-34(14-16-35)21-9-6-19(7-10-21)22-11-8-20-17-37(33-25(20)24(22)31)27(28(38)39)26-23-5-4-12-36(23)18-32-26/h6-11,17-18,27H,4-5,12-16H2,1-3H3,(H,38,39). The first kappa shape index (κ1) is 26.8. The third-order valence-electron chi connectivity index (χ3n) is 7.66. The quantitative estimate of drug-likeness (QED) is 0.377. The van der Waals surface area contributed by atoms with Crippen LogP contribution < -0.4 is 4.90 Å². The van der Waals surface area contributed by atoms with Crippen LogP contribution in [-0.2, 0) is 22.5 Å². The van der Waals surface area contributed by atoms with Crippen LogP contribution >= 0.6 is 0 Å². The van der Waals surface area contributed by atoms with Crippen LogP contribution in [0, 0.1) is 5.82 Å². The summed E-state index contributed by atoms with van der Waals surface area (Å²) >= 11 is 0. The summed E-state index contributed by atoms with van der Waals surface area (Å²) in [4.78, 5) is 32.9. The molecule has 214 valence electrons. The second-order valence-electron chi connectivity index (χ2n) is 11.6. The molecule has 41 heavy (non-hydrogen) atoms. The zero-order valence-corrected chi connectivity index (χ0v) is 23.4. The molecule has 10 nitrogen and oxygen atoms in total. The normalized spacial score (nSPS) is 16.2. The van der Waals surface area contributed by atoms with E-state index in [1.54, 1.807) is 29.6 Å². The molecule has 4 aromatic rings. The molecule has 0 bridgehead atoms. The number of aromatic nitrogens is 4. The van der Waals surface area contributed by atoms with Crippen LogP contribution in [0.15, 0.2) is 48.9 Å². The second-order valence-corrected chi connectivity index (χ2v) is 11.6. The number of anilines is 1. The summed E-state index contributed by atoms with van der Waals surface area (Å²) in [5, 5.41) is 15.0. The van der Waals surface area contributed by atoms with Gasteiger partial charge < -0.3 is 24.2 Å². The third-order valence-corrected chi connectivity index (χ3v) is 7.66. The molecule has 0 saturated carbocycles. The maximum absolute atomic E-state index is 15.8. The molecule has 1 saturated heterocycles. The Bertz CT molecular complexity index is 1610. The van der Waals surface area contributed by atoms with E-state index in [4.69, 9.17) is 4.74 Å². The molecule has 2 aliphatic heterocycles. The highest BCUT2D eigenvalue weighted by atomic mass is 19.1. The summed E-state index contributed by atoms with van der Waals surface area (Å²) in [6.45, 7) is 8.83. The van der Waals surface area contributed by atoms with Gasteiger partial charge in [0.1, 0.15) is 11.1 Å². The number of fused-ring (bicyclic) bond motifs is 2. The Balaban J connectivity index is 1.20. The molecule has 0 aliphatic carbocycles. The Hall–Kier alpha value is -4.41. The van der Waals surface area contributed by atoms with E-state index >= 15 is 4.39 Å². The SMILES string of the molecule is CC(C)(C)OC(=O)N1CCN(c2ccc(-c3ccc4cn(C(C(=O)O)c5ncn6c5CCC6)nc4c3F)cc2)CC1. The summed E-state index contributed by atoms with van der Waals surface area (Å²) < 4.78 is 24.5. The lowest BCUT2D eigenvalue weighted by atomic mass is 10.0. The average Bonchev–Trinajstić information content (AvgIpc) is 3.66. The minimum Gasteiger partial charge on any atom is -0.479 e. The number of rotatable bonds is 5. The topological polar surface area (TPSA) is 106 Å². The van der Waals surface area contributed by atoms with Crippen molar-refractivity contribution in [2.24, 2.45) is 0 Å². The second kappa shape index (κ2) is 10.2. The molecule has 2 aliphatic rings. The number of halogens is 1. The van der Waals surface area contributed by atoms with Gasteiger partial charge in [-0.1, -0.05) is 24.3 Å². The Morgan fingerprint density at radius 2 is 1.76 bits per heavy atom. The van der Waals surface area contributed by atoms with Gasteiger partial charge in [-0.3, -0.25) is 4.68 Å². The lowest BCUT2D eigenvalue weighted by molar-refractivity contribution is -0.139. The number of benzene rings is 2. The Morgan fingerprint density at radius 3 is 2.44 bits per heavy atom. The third kappa shape index (κ3) is 5.12. The summed E-state index contributed by atoms with van der Waals surface area (Å²) in [5.41, 5.74) is 3.00. The summed E-state index contributed by atoms with van der Waals surface area (Å²) in [6, 6.07) is 9.95. The number of carboxylic acids is 1. The number of piperazine rings is 1. The van der Waals surface area contributed by atoms with E-state index in [0.29, 0.717) is 48.4 Å². The number of carbonyl (C=O) groups excluding carboxylic acids is 1. The molecule has 1 fully saturated rings. The van der Waals surface area contributed by atoms with Gasteiger partial charge in [-0.25, -0.2) is 19.0 Å². The van der Waals surface area contributed by atoms with E-state index < -0.39 is 23.4 Å². The Morgan fingerprint density at radius 1 is 1.02 bits per heavy atom. The van der Waals surface area contributed by atoms with Crippen molar-refractivity contribution in [3.8, 4) is 11.1 Å². The fourth-order valence-corrected chi connectivity index (χ4v) is 5.64. The number of carbonyl (C=O) groups is 2. The van der Waals surface area contributed by atoms with Gasteiger partial charge in [0.25, 0.3) is 0 Å². The first-order chi connectivity index (χ1) is 19.6. The van der Waals surface area contributed by atoms with Crippen LogP contribution in [-0.4, -0.2) is 73.2 Å². The highest BCUT2D eigenvalue weighted by Crippen LogP contribution is 2.32. The molecule has 1 atom stereocenters. The zero-order valence-electron chi connectivity index (χ0n) is 23.4. The molecular formula is C30H33FN6O4. The van der Waals surface area contributed by atoms with Crippen LogP contribution in [0.4, 0.5) is 14.9 Å². The number of aryl methyl sites for hydroxylation is 1. The summed E-state index contributed by atoms with van der Waals surface area (Å²) in [5.74, 6) is -1.59. The highest BCUT2D eigenvalue weighted by Gasteiger charge is 2.31. The minimum absolute atomic E-state index is 0.118. The van der Waals surface area contributed by atoms with Gasteiger partial charge in [-0.05, 0) is 51.3 Å². The predicted octanol–water partition coefficient (Wildman–Crippen LogP) is 4.72. The van der Waals surface area contributed by atoms with Crippen molar-refractivity contribution in [1.29, 1.82) is 0 Å². The van der Waals surface area contributed by atoms with Crippen molar-refractivity contribution >= 4 is 28.7 Å². The smallest absolute Gasteiger partial charge is 0.410 e. The number of imidazole rings is 1. The molecule has 6 rings (SSSR count).